The van der Waals surface area contributed by atoms with Crippen molar-refractivity contribution in [1.82, 2.24) is 15.3 Å². The molecule has 0 spiro atoms. The Morgan fingerprint density at radius 2 is 2.00 bits per heavy atom. The molecule has 0 saturated carbocycles. The van der Waals surface area contributed by atoms with Crippen LogP contribution >= 0.6 is 0 Å². The van der Waals surface area contributed by atoms with Crippen LogP contribution in [0, 0.1) is 0 Å². The number of H-pyrrole nitrogens is 1. The predicted molar refractivity (Wildman–Crippen MR) is 73.9 cm³/mol. The van der Waals surface area contributed by atoms with E-state index in [1.165, 1.54) is 0 Å². The second-order valence-electron chi connectivity index (χ2n) is 4.35. The summed E-state index contributed by atoms with van der Waals surface area (Å²) in [6.45, 7) is 0. The molecule has 0 bridgehead atoms. The van der Waals surface area contributed by atoms with E-state index in [-0.39, 0.29) is 12.1 Å². The first-order valence-corrected chi connectivity index (χ1v) is 6.18. The summed E-state index contributed by atoms with van der Waals surface area (Å²) in [5.41, 5.74) is 0.305. The van der Waals surface area contributed by atoms with Gasteiger partial charge in [-0.1, -0.05) is 30.3 Å². The first-order valence-electron chi connectivity index (χ1n) is 6.18. The summed E-state index contributed by atoms with van der Waals surface area (Å²) in [6.07, 6.45) is 2.26. The highest BCUT2D eigenvalue weighted by Gasteiger charge is 2.21. The van der Waals surface area contributed by atoms with Crippen molar-refractivity contribution < 1.29 is 14.7 Å². The number of aromatic nitrogens is 2. The molecule has 3 N–H and O–H groups in total. The Labute approximate surface area is 119 Å². The monoisotopic (exact) mass is 287 g/mol. The van der Waals surface area contributed by atoms with E-state index < -0.39 is 23.5 Å². The van der Waals surface area contributed by atoms with Gasteiger partial charge in [-0.3, -0.25) is 9.59 Å². The molecule has 1 amide bonds. The zero-order valence-corrected chi connectivity index (χ0v) is 10.9. The smallest absolute Gasteiger partial charge is 0.326 e. The van der Waals surface area contributed by atoms with Crippen LogP contribution in [0.4, 0.5) is 0 Å². The number of nitrogens with one attached hydrogen (secondary N) is 2. The minimum absolute atomic E-state index is 0.0473. The van der Waals surface area contributed by atoms with Gasteiger partial charge in [0.25, 0.3) is 11.5 Å². The van der Waals surface area contributed by atoms with Gasteiger partial charge in [0.15, 0.2) is 0 Å². The quantitative estimate of drug-likeness (QED) is 0.727. The minimum Gasteiger partial charge on any atom is -0.480 e. The number of hydrogen-bond acceptors (Lipinski definition) is 4. The molecule has 0 aliphatic rings. The van der Waals surface area contributed by atoms with Crippen molar-refractivity contribution in [2.24, 2.45) is 0 Å². The standard InChI is InChI=1S/C14H13N3O4/c18-12-8-15-11(7-16-12)13(19)17-10(14(20)21)6-9-4-2-1-3-5-9/h1-5,7-8,10H,6H2,(H,16,18)(H,17,19)(H,20,21)/t10-/m0/s1. The lowest BCUT2D eigenvalue weighted by Crippen LogP contribution is -2.42. The number of rotatable bonds is 5. The summed E-state index contributed by atoms with van der Waals surface area (Å²) in [4.78, 5) is 40.0. The number of benzene rings is 1. The second kappa shape index (κ2) is 6.47. The summed E-state index contributed by atoms with van der Waals surface area (Å²) in [5, 5.41) is 11.6. The Bertz CT molecular complexity index is 676. The van der Waals surface area contributed by atoms with E-state index in [0.29, 0.717) is 0 Å². The Balaban J connectivity index is 2.09. The third-order valence-electron chi connectivity index (χ3n) is 2.79. The average molecular weight is 287 g/mol. The maximum absolute atomic E-state index is 11.9. The molecule has 21 heavy (non-hydrogen) atoms. The molecule has 1 atom stereocenters. The van der Waals surface area contributed by atoms with Crippen LogP contribution in [0.2, 0.25) is 0 Å². The van der Waals surface area contributed by atoms with Crippen LogP contribution in [0.5, 0.6) is 0 Å². The lowest BCUT2D eigenvalue weighted by atomic mass is 10.1. The molecule has 0 aliphatic heterocycles. The lowest BCUT2D eigenvalue weighted by molar-refractivity contribution is -0.139. The molecule has 2 rings (SSSR count). The van der Waals surface area contributed by atoms with Crippen LogP contribution in [0.25, 0.3) is 0 Å². The second-order valence-corrected chi connectivity index (χ2v) is 4.35. The van der Waals surface area contributed by atoms with E-state index in [0.717, 1.165) is 18.0 Å². The topological polar surface area (TPSA) is 112 Å². The fourth-order valence-corrected chi connectivity index (χ4v) is 1.75. The van der Waals surface area contributed by atoms with Crippen molar-refractivity contribution in [3.63, 3.8) is 0 Å². The van der Waals surface area contributed by atoms with Gasteiger partial charge in [-0.05, 0) is 5.56 Å². The van der Waals surface area contributed by atoms with E-state index in [1.54, 1.807) is 24.3 Å². The molecule has 0 unspecified atom stereocenters. The summed E-state index contributed by atoms with van der Waals surface area (Å²) in [5.74, 6) is -1.80. The fourth-order valence-electron chi connectivity index (χ4n) is 1.75. The fraction of sp³-hybridized carbons (Fsp3) is 0.143. The van der Waals surface area contributed by atoms with Crippen LogP contribution in [0.3, 0.4) is 0 Å². The molecule has 1 aromatic heterocycles. The number of carboxylic acids is 1. The Morgan fingerprint density at radius 1 is 1.29 bits per heavy atom. The number of nitrogens with zero attached hydrogens (tertiary/aromatic N) is 1. The lowest BCUT2D eigenvalue weighted by Gasteiger charge is -2.14. The van der Waals surface area contributed by atoms with Crippen molar-refractivity contribution >= 4 is 11.9 Å². The van der Waals surface area contributed by atoms with E-state index in [9.17, 15) is 19.5 Å². The molecular formula is C14H13N3O4. The highest BCUT2D eigenvalue weighted by molar-refractivity contribution is 5.94. The van der Waals surface area contributed by atoms with Crippen LogP contribution in [-0.4, -0.2) is 33.0 Å². The molecule has 1 aromatic carbocycles. The summed E-state index contributed by atoms with van der Waals surface area (Å²) in [7, 11) is 0. The Hall–Kier alpha value is -2.96. The molecule has 1 heterocycles. The third-order valence-corrected chi connectivity index (χ3v) is 2.79. The van der Waals surface area contributed by atoms with Crippen LogP contribution in [0.1, 0.15) is 16.1 Å². The summed E-state index contributed by atoms with van der Waals surface area (Å²) < 4.78 is 0. The number of aliphatic carboxylic acids is 1. The maximum atomic E-state index is 11.9. The van der Waals surface area contributed by atoms with Crippen molar-refractivity contribution in [1.29, 1.82) is 0 Å². The van der Waals surface area contributed by atoms with Gasteiger partial charge >= 0.3 is 5.97 Å². The van der Waals surface area contributed by atoms with E-state index in [4.69, 9.17) is 0 Å². The Kier molecular flexibility index (Phi) is 4.45. The number of hydrogen-bond donors (Lipinski definition) is 3. The number of carbonyl (C=O) groups excluding carboxylic acids is 1. The van der Waals surface area contributed by atoms with Gasteiger partial charge in [0.1, 0.15) is 11.7 Å². The van der Waals surface area contributed by atoms with Crippen molar-refractivity contribution in [3.05, 3.63) is 64.3 Å². The van der Waals surface area contributed by atoms with Gasteiger partial charge in [-0.25, -0.2) is 9.78 Å². The van der Waals surface area contributed by atoms with Crippen LogP contribution in [0.15, 0.2) is 47.5 Å². The molecular weight excluding hydrogens is 274 g/mol. The molecule has 0 saturated heterocycles. The molecule has 7 nitrogen and oxygen atoms in total. The SMILES string of the molecule is O=C(N[C@@H](Cc1ccccc1)C(=O)O)c1c[nH]c(=O)cn1. The van der Waals surface area contributed by atoms with E-state index in [1.807, 2.05) is 6.07 Å². The normalized spacial score (nSPS) is 11.6. The largest absolute Gasteiger partial charge is 0.480 e. The predicted octanol–water partition coefficient (Wildman–Crippen LogP) is 0.196. The molecule has 0 aliphatic carbocycles. The van der Waals surface area contributed by atoms with Crippen molar-refractivity contribution in [3.8, 4) is 0 Å². The van der Waals surface area contributed by atoms with Gasteiger partial charge in [0.2, 0.25) is 0 Å². The van der Waals surface area contributed by atoms with E-state index in [2.05, 4.69) is 15.3 Å². The first-order chi connectivity index (χ1) is 10.1. The molecule has 2 aromatic rings. The van der Waals surface area contributed by atoms with Gasteiger partial charge in [0.05, 0.1) is 6.20 Å². The molecule has 0 radical (unpaired) electrons. The van der Waals surface area contributed by atoms with Crippen molar-refractivity contribution in [2.45, 2.75) is 12.5 Å². The molecule has 0 fully saturated rings. The maximum Gasteiger partial charge on any atom is 0.326 e. The van der Waals surface area contributed by atoms with Crippen LogP contribution < -0.4 is 10.9 Å². The van der Waals surface area contributed by atoms with Crippen molar-refractivity contribution in [2.75, 3.05) is 0 Å². The zero-order valence-electron chi connectivity index (χ0n) is 10.9. The highest BCUT2D eigenvalue weighted by atomic mass is 16.4. The van der Waals surface area contributed by atoms with Gasteiger partial charge < -0.3 is 15.4 Å². The van der Waals surface area contributed by atoms with Gasteiger partial charge in [-0.15, -0.1) is 0 Å². The number of carbonyl (C=O) groups is 2. The van der Waals surface area contributed by atoms with Crippen LogP contribution in [-0.2, 0) is 11.2 Å². The summed E-state index contributed by atoms with van der Waals surface area (Å²) >= 11 is 0. The Morgan fingerprint density at radius 3 is 2.57 bits per heavy atom. The number of amides is 1. The molecule has 7 heteroatoms. The number of aromatic amines is 1. The first kappa shape index (κ1) is 14.4. The molecule has 108 valence electrons. The third kappa shape index (κ3) is 4.00. The minimum atomic E-state index is -1.14. The number of carboxylic acid groups (broad SMARTS) is 1. The summed E-state index contributed by atoms with van der Waals surface area (Å²) in [6, 6.07) is 7.88. The zero-order chi connectivity index (χ0) is 15.2. The van der Waals surface area contributed by atoms with Gasteiger partial charge in [0, 0.05) is 12.6 Å². The van der Waals surface area contributed by atoms with Gasteiger partial charge in [-0.2, -0.15) is 0 Å². The average Bonchev–Trinajstić information content (AvgIpc) is 2.48. The highest BCUT2D eigenvalue weighted by Crippen LogP contribution is 2.04. The van der Waals surface area contributed by atoms with E-state index >= 15 is 0 Å².